The highest BCUT2D eigenvalue weighted by atomic mass is 79.9. The van der Waals surface area contributed by atoms with E-state index in [0.29, 0.717) is 5.56 Å². The molecule has 0 fully saturated rings. The van der Waals surface area contributed by atoms with Crippen molar-refractivity contribution in [3.63, 3.8) is 0 Å². The van der Waals surface area contributed by atoms with Crippen LogP contribution < -0.4 is 5.73 Å². The molecule has 0 bridgehead atoms. The van der Waals surface area contributed by atoms with Crippen LogP contribution in [0.15, 0.2) is 34.8 Å². The first-order chi connectivity index (χ1) is 8.90. The fourth-order valence-electron chi connectivity index (χ4n) is 1.66. The Bertz CT molecular complexity index is 634. The molecule has 2 N–H and O–H groups in total. The van der Waals surface area contributed by atoms with Crippen molar-refractivity contribution in [3.05, 3.63) is 68.4 Å². The molecule has 2 aromatic rings. The average molecular weight is 351 g/mol. The second-order valence-electron chi connectivity index (χ2n) is 3.94. The summed E-state index contributed by atoms with van der Waals surface area (Å²) in [5.74, 6) is -2.51. The van der Waals surface area contributed by atoms with E-state index in [1.165, 1.54) is 18.2 Å². The van der Waals surface area contributed by atoms with Crippen molar-refractivity contribution in [2.24, 2.45) is 5.73 Å². The van der Waals surface area contributed by atoms with E-state index in [1.54, 1.807) is 0 Å². The maximum atomic E-state index is 13.2. The molecular weight excluding hydrogens is 343 g/mol. The Labute approximate surface area is 121 Å². The van der Waals surface area contributed by atoms with Gasteiger partial charge in [0.25, 0.3) is 0 Å². The van der Waals surface area contributed by atoms with E-state index < -0.39 is 23.5 Å². The molecule has 100 valence electrons. The Morgan fingerprint density at radius 3 is 2.26 bits per heavy atom. The molecule has 0 aliphatic carbocycles. The minimum absolute atomic E-state index is 0.0202. The van der Waals surface area contributed by atoms with Crippen LogP contribution in [0.25, 0.3) is 0 Å². The summed E-state index contributed by atoms with van der Waals surface area (Å²) in [6.45, 7) is 0. The van der Waals surface area contributed by atoms with Crippen molar-refractivity contribution in [1.29, 1.82) is 0 Å². The Hall–Kier alpha value is -1.04. The molecule has 0 radical (unpaired) electrons. The van der Waals surface area contributed by atoms with Gasteiger partial charge in [-0.1, -0.05) is 17.7 Å². The summed E-state index contributed by atoms with van der Waals surface area (Å²) in [6, 6.07) is 5.19. The Morgan fingerprint density at radius 2 is 1.63 bits per heavy atom. The van der Waals surface area contributed by atoms with Crippen molar-refractivity contribution < 1.29 is 13.2 Å². The van der Waals surface area contributed by atoms with Crippen molar-refractivity contribution in [2.45, 2.75) is 6.04 Å². The number of halogens is 5. The summed E-state index contributed by atoms with van der Waals surface area (Å²) < 4.78 is 39.6. The van der Waals surface area contributed by atoms with Crippen molar-refractivity contribution in [1.82, 2.24) is 0 Å². The van der Waals surface area contributed by atoms with Crippen LogP contribution in [0, 0.1) is 17.5 Å². The molecule has 0 aliphatic heterocycles. The van der Waals surface area contributed by atoms with E-state index in [9.17, 15) is 13.2 Å². The monoisotopic (exact) mass is 349 g/mol. The highest BCUT2D eigenvalue weighted by molar-refractivity contribution is 9.10. The molecule has 1 nitrogen and oxygen atoms in total. The van der Waals surface area contributed by atoms with Gasteiger partial charge in [-0.3, -0.25) is 0 Å². The van der Waals surface area contributed by atoms with Crippen LogP contribution in [0.2, 0.25) is 5.02 Å². The van der Waals surface area contributed by atoms with Crippen LogP contribution in [0.1, 0.15) is 17.2 Å². The molecule has 1 unspecified atom stereocenters. The van der Waals surface area contributed by atoms with E-state index in [0.717, 1.165) is 12.1 Å². The number of hydrogen-bond acceptors (Lipinski definition) is 1. The van der Waals surface area contributed by atoms with Gasteiger partial charge < -0.3 is 5.73 Å². The van der Waals surface area contributed by atoms with E-state index in [-0.39, 0.29) is 15.1 Å². The molecule has 0 saturated carbocycles. The van der Waals surface area contributed by atoms with Crippen molar-refractivity contribution in [2.75, 3.05) is 0 Å². The van der Waals surface area contributed by atoms with E-state index >= 15 is 0 Å². The number of rotatable bonds is 2. The zero-order chi connectivity index (χ0) is 14.2. The Kier molecular flexibility index (Phi) is 4.18. The zero-order valence-electron chi connectivity index (χ0n) is 9.43. The maximum Gasteiger partial charge on any atom is 0.160 e. The number of benzene rings is 2. The van der Waals surface area contributed by atoms with Gasteiger partial charge in [-0.25, -0.2) is 13.2 Å². The zero-order valence-corrected chi connectivity index (χ0v) is 11.8. The summed E-state index contributed by atoms with van der Waals surface area (Å²) in [6.07, 6.45) is 0. The van der Waals surface area contributed by atoms with Gasteiger partial charge in [-0.2, -0.15) is 0 Å². The van der Waals surface area contributed by atoms with Gasteiger partial charge in [0.2, 0.25) is 0 Å². The molecule has 2 rings (SSSR count). The lowest BCUT2D eigenvalue weighted by Gasteiger charge is -2.15. The molecule has 2 aromatic carbocycles. The number of hydrogen-bond donors (Lipinski definition) is 1. The van der Waals surface area contributed by atoms with Gasteiger partial charge in [0.15, 0.2) is 11.6 Å². The van der Waals surface area contributed by atoms with Crippen LogP contribution in [-0.4, -0.2) is 0 Å². The first kappa shape index (κ1) is 14.4. The molecular formula is C13H8BrClF3N. The molecule has 1 atom stereocenters. The predicted molar refractivity (Wildman–Crippen MR) is 71.5 cm³/mol. The highest BCUT2D eigenvalue weighted by Crippen LogP contribution is 2.30. The third-order valence-electron chi connectivity index (χ3n) is 2.68. The van der Waals surface area contributed by atoms with Crippen LogP contribution in [0.4, 0.5) is 13.2 Å². The van der Waals surface area contributed by atoms with Crippen LogP contribution in [0.3, 0.4) is 0 Å². The summed E-state index contributed by atoms with van der Waals surface area (Å²) in [7, 11) is 0. The fourth-order valence-corrected chi connectivity index (χ4v) is 2.33. The van der Waals surface area contributed by atoms with Crippen LogP contribution >= 0.6 is 27.5 Å². The molecule has 0 aromatic heterocycles. The molecule has 0 aliphatic rings. The van der Waals surface area contributed by atoms with Crippen molar-refractivity contribution >= 4 is 27.5 Å². The lowest BCUT2D eigenvalue weighted by Crippen LogP contribution is -2.13. The van der Waals surface area contributed by atoms with Gasteiger partial charge in [0.05, 0.1) is 10.5 Å². The normalized spacial score (nSPS) is 12.5. The molecule has 0 heterocycles. The largest absolute Gasteiger partial charge is 0.320 e. The number of nitrogens with two attached hydrogens (primary N) is 1. The lowest BCUT2D eigenvalue weighted by atomic mass is 9.99. The molecule has 0 amide bonds. The standard InChI is InChI=1S/C13H8BrClF3N/c14-8-3-6(1-2-10(8)16)13(19)7-4-11(17)12(18)5-9(7)15/h1-5,13H,19H2. The van der Waals surface area contributed by atoms with E-state index in [2.05, 4.69) is 15.9 Å². The average Bonchev–Trinajstić information content (AvgIpc) is 2.36. The van der Waals surface area contributed by atoms with E-state index in [1.807, 2.05) is 0 Å². The van der Waals surface area contributed by atoms with Gasteiger partial charge in [-0.05, 0) is 51.3 Å². The summed E-state index contributed by atoms with van der Waals surface area (Å²) in [5.41, 5.74) is 6.70. The summed E-state index contributed by atoms with van der Waals surface area (Å²) in [5, 5.41) is 0.0202. The molecule has 0 spiro atoms. The van der Waals surface area contributed by atoms with Gasteiger partial charge in [0.1, 0.15) is 5.82 Å². The fraction of sp³-hybridized carbons (Fsp3) is 0.0769. The molecule has 19 heavy (non-hydrogen) atoms. The maximum absolute atomic E-state index is 13.2. The second kappa shape index (κ2) is 5.53. The van der Waals surface area contributed by atoms with Crippen LogP contribution in [-0.2, 0) is 0 Å². The first-order valence-electron chi connectivity index (χ1n) is 5.25. The minimum Gasteiger partial charge on any atom is -0.320 e. The first-order valence-corrected chi connectivity index (χ1v) is 6.42. The third-order valence-corrected chi connectivity index (χ3v) is 3.61. The molecule has 6 heteroatoms. The Morgan fingerprint density at radius 1 is 1.00 bits per heavy atom. The minimum atomic E-state index is -1.04. The SMILES string of the molecule is NC(c1ccc(F)c(Br)c1)c1cc(F)c(F)cc1Cl. The summed E-state index contributed by atoms with van der Waals surface area (Å²) in [4.78, 5) is 0. The van der Waals surface area contributed by atoms with Gasteiger partial charge in [0, 0.05) is 5.02 Å². The van der Waals surface area contributed by atoms with Gasteiger partial charge >= 0.3 is 0 Å². The van der Waals surface area contributed by atoms with Crippen molar-refractivity contribution in [3.8, 4) is 0 Å². The van der Waals surface area contributed by atoms with Gasteiger partial charge in [-0.15, -0.1) is 0 Å². The quantitative estimate of drug-likeness (QED) is 0.789. The molecule has 0 saturated heterocycles. The highest BCUT2D eigenvalue weighted by Gasteiger charge is 2.17. The van der Waals surface area contributed by atoms with Crippen LogP contribution in [0.5, 0.6) is 0 Å². The second-order valence-corrected chi connectivity index (χ2v) is 5.20. The third kappa shape index (κ3) is 2.94. The topological polar surface area (TPSA) is 26.0 Å². The predicted octanol–water partition coefficient (Wildman–Crippen LogP) is 4.57. The van der Waals surface area contributed by atoms with E-state index in [4.69, 9.17) is 17.3 Å². The smallest absolute Gasteiger partial charge is 0.160 e. The lowest BCUT2D eigenvalue weighted by molar-refractivity contribution is 0.506. The Balaban J connectivity index is 2.46. The summed E-state index contributed by atoms with van der Waals surface area (Å²) >= 11 is 8.88.